The van der Waals surface area contributed by atoms with E-state index in [1.54, 1.807) is 0 Å². The lowest BCUT2D eigenvalue weighted by Crippen LogP contribution is -2.37. The van der Waals surface area contributed by atoms with Crippen molar-refractivity contribution in [3.05, 3.63) is 241 Å². The SMILES string of the molecule is CCN1c2ccccc2C2(c3ccccc3-c3c(-c4c5cccc(-c6cccc7c6sc6ccccc67)c5cc5c(-c6cccc7c6sc6ccccc67)cccc45)cccc32)c2ccccc21. The van der Waals surface area contributed by atoms with E-state index in [1.807, 2.05) is 22.7 Å². The van der Waals surface area contributed by atoms with E-state index in [4.69, 9.17) is 0 Å². The van der Waals surface area contributed by atoms with Crippen molar-refractivity contribution in [2.24, 2.45) is 0 Å². The van der Waals surface area contributed by atoms with Crippen LogP contribution in [0.15, 0.2) is 218 Å². The first kappa shape index (κ1) is 38.3. The first-order valence-electron chi connectivity index (χ1n) is 23.7. The predicted octanol–water partition coefficient (Wildman–Crippen LogP) is 18.6. The lowest BCUT2D eigenvalue weighted by molar-refractivity contribution is 0.739. The highest BCUT2D eigenvalue weighted by Crippen LogP contribution is 2.64. The number of hydrogen-bond acceptors (Lipinski definition) is 3. The Morgan fingerprint density at radius 2 is 0.735 bits per heavy atom. The highest BCUT2D eigenvalue weighted by molar-refractivity contribution is 7.26. The van der Waals surface area contributed by atoms with Crippen LogP contribution in [0.4, 0.5) is 11.4 Å². The summed E-state index contributed by atoms with van der Waals surface area (Å²) in [6, 6.07) is 83.0. The van der Waals surface area contributed by atoms with Crippen molar-refractivity contribution in [3.8, 4) is 44.5 Å². The summed E-state index contributed by atoms with van der Waals surface area (Å²) >= 11 is 3.82. The second-order valence-corrected chi connectivity index (χ2v) is 20.5. The molecular formula is C65H41NS2. The van der Waals surface area contributed by atoms with Gasteiger partial charge in [-0.05, 0) is 114 Å². The minimum absolute atomic E-state index is 0.509. The number of hydrogen-bond donors (Lipinski definition) is 0. The lowest BCUT2D eigenvalue weighted by Gasteiger charge is -2.44. The summed E-state index contributed by atoms with van der Waals surface area (Å²) in [5.74, 6) is 0. The number of nitrogens with zero attached hydrogens (tertiary/aromatic N) is 1. The molecule has 318 valence electrons. The molecule has 0 radical (unpaired) electrons. The van der Waals surface area contributed by atoms with Gasteiger partial charge in [0.25, 0.3) is 0 Å². The van der Waals surface area contributed by atoms with E-state index in [1.165, 1.54) is 140 Å². The van der Waals surface area contributed by atoms with E-state index in [0.29, 0.717) is 0 Å². The van der Waals surface area contributed by atoms with E-state index in [-0.39, 0.29) is 0 Å². The van der Waals surface area contributed by atoms with Gasteiger partial charge in [0, 0.05) is 69.4 Å². The first-order valence-corrected chi connectivity index (χ1v) is 25.4. The van der Waals surface area contributed by atoms with Gasteiger partial charge >= 0.3 is 0 Å². The molecule has 1 aliphatic carbocycles. The molecule has 0 fully saturated rings. The van der Waals surface area contributed by atoms with Gasteiger partial charge in [0.2, 0.25) is 0 Å². The van der Waals surface area contributed by atoms with Crippen molar-refractivity contribution in [1.29, 1.82) is 0 Å². The molecule has 0 N–H and O–H groups in total. The van der Waals surface area contributed by atoms with Crippen LogP contribution in [0, 0.1) is 0 Å². The maximum absolute atomic E-state index is 2.53. The fourth-order valence-corrected chi connectivity index (χ4v) is 15.1. The van der Waals surface area contributed by atoms with Crippen molar-refractivity contribution < 1.29 is 0 Å². The van der Waals surface area contributed by atoms with Gasteiger partial charge in [-0.25, -0.2) is 0 Å². The molecule has 0 saturated carbocycles. The smallest absolute Gasteiger partial charge is 0.0754 e. The molecule has 3 heteroatoms. The normalized spacial score (nSPS) is 13.5. The Labute approximate surface area is 402 Å². The highest BCUT2D eigenvalue weighted by atomic mass is 32.1. The van der Waals surface area contributed by atoms with Crippen LogP contribution in [-0.2, 0) is 5.41 Å². The van der Waals surface area contributed by atoms with E-state index >= 15 is 0 Å². The van der Waals surface area contributed by atoms with Crippen LogP contribution >= 0.6 is 22.7 Å². The molecule has 1 nitrogen and oxygen atoms in total. The second-order valence-electron chi connectivity index (χ2n) is 18.4. The van der Waals surface area contributed by atoms with Gasteiger partial charge in [0.05, 0.1) is 5.41 Å². The van der Waals surface area contributed by atoms with Gasteiger partial charge in [-0.2, -0.15) is 0 Å². The molecule has 1 spiro atoms. The van der Waals surface area contributed by atoms with Gasteiger partial charge < -0.3 is 4.90 Å². The van der Waals surface area contributed by atoms with Crippen LogP contribution in [0.25, 0.3) is 106 Å². The zero-order valence-electron chi connectivity index (χ0n) is 37.3. The van der Waals surface area contributed by atoms with Crippen molar-refractivity contribution in [2.45, 2.75) is 12.3 Å². The van der Waals surface area contributed by atoms with E-state index in [0.717, 1.165) is 6.54 Å². The standard InChI is InChI=1S/C65H41NS2/c1-2-66-57-34-9-7-31-54(57)65(55-32-8-10-35-58(55)66)53-30-6-3-20-49(53)62-50(29-17-33-56(62)65)61-43-23-13-21-39(45-25-15-27-47-41-18-4-11-36-59(41)67-63(45)47)51(43)38-52-40(22-14-24-44(52)61)46-26-16-28-48-42-19-5-12-37-60(42)68-64(46)48/h3-38H,2H2,1H3. The average molecular weight is 900 g/mol. The Balaban J connectivity index is 1.09. The summed E-state index contributed by atoms with van der Waals surface area (Å²) in [7, 11) is 0. The van der Waals surface area contributed by atoms with Crippen molar-refractivity contribution >= 4 is 95.9 Å². The van der Waals surface area contributed by atoms with Gasteiger partial charge in [-0.1, -0.05) is 188 Å². The number of anilines is 2. The molecule has 13 aromatic rings. The van der Waals surface area contributed by atoms with Crippen LogP contribution in [-0.4, -0.2) is 6.54 Å². The van der Waals surface area contributed by atoms with E-state index < -0.39 is 5.41 Å². The number of fused-ring (bicyclic) bond motifs is 17. The molecule has 15 rings (SSSR count). The molecule has 11 aromatic carbocycles. The third-order valence-electron chi connectivity index (χ3n) is 15.3. The summed E-state index contributed by atoms with van der Waals surface area (Å²) < 4.78 is 5.30. The monoisotopic (exact) mass is 899 g/mol. The molecule has 2 aliphatic rings. The summed E-state index contributed by atoms with van der Waals surface area (Å²) in [5.41, 5.74) is 17.7. The third kappa shape index (κ3) is 4.99. The molecule has 0 unspecified atom stereocenters. The van der Waals surface area contributed by atoms with Gasteiger partial charge in [0.1, 0.15) is 0 Å². The zero-order chi connectivity index (χ0) is 44.7. The number of rotatable bonds is 4. The molecule has 0 atom stereocenters. The molecular weight excluding hydrogens is 859 g/mol. The Morgan fingerprint density at radius 1 is 0.324 bits per heavy atom. The Kier molecular flexibility index (Phi) is 8.08. The first-order chi connectivity index (χ1) is 33.7. The summed E-state index contributed by atoms with van der Waals surface area (Å²) in [6.45, 7) is 3.16. The van der Waals surface area contributed by atoms with Crippen LogP contribution in [0.2, 0.25) is 0 Å². The van der Waals surface area contributed by atoms with Crippen molar-refractivity contribution in [3.63, 3.8) is 0 Å². The van der Waals surface area contributed by atoms with Crippen LogP contribution in [0.3, 0.4) is 0 Å². The fraction of sp³-hybridized carbons (Fsp3) is 0.0462. The third-order valence-corrected chi connectivity index (χ3v) is 17.7. The maximum Gasteiger partial charge on any atom is 0.0754 e. The summed E-state index contributed by atoms with van der Waals surface area (Å²) in [4.78, 5) is 2.51. The molecule has 0 bridgehead atoms. The molecule has 0 saturated heterocycles. The molecule has 0 amide bonds. The number of thiophene rings is 2. The van der Waals surface area contributed by atoms with Crippen LogP contribution < -0.4 is 4.90 Å². The Morgan fingerprint density at radius 3 is 1.31 bits per heavy atom. The van der Waals surface area contributed by atoms with E-state index in [9.17, 15) is 0 Å². The molecule has 3 heterocycles. The minimum atomic E-state index is -0.509. The van der Waals surface area contributed by atoms with Crippen LogP contribution in [0.5, 0.6) is 0 Å². The minimum Gasteiger partial charge on any atom is -0.341 e. The predicted molar refractivity (Wildman–Crippen MR) is 294 cm³/mol. The summed E-state index contributed by atoms with van der Waals surface area (Å²) in [6.07, 6.45) is 0. The largest absolute Gasteiger partial charge is 0.341 e. The Hall–Kier alpha value is -7.82. The molecule has 2 aromatic heterocycles. The topological polar surface area (TPSA) is 3.24 Å². The fourth-order valence-electron chi connectivity index (χ4n) is 12.6. The van der Waals surface area contributed by atoms with Gasteiger partial charge in [-0.15, -0.1) is 22.7 Å². The lowest BCUT2D eigenvalue weighted by atomic mass is 9.64. The van der Waals surface area contributed by atoms with Crippen molar-refractivity contribution in [1.82, 2.24) is 0 Å². The highest BCUT2D eigenvalue weighted by Gasteiger charge is 2.51. The summed E-state index contributed by atoms with van der Waals surface area (Å²) in [5, 5.41) is 10.3. The Bertz CT molecular complexity index is 4060. The number of para-hydroxylation sites is 2. The quantitative estimate of drug-likeness (QED) is 0.159. The van der Waals surface area contributed by atoms with Gasteiger partial charge in [-0.3, -0.25) is 0 Å². The zero-order valence-corrected chi connectivity index (χ0v) is 38.9. The molecule has 1 aliphatic heterocycles. The van der Waals surface area contributed by atoms with Crippen LogP contribution in [0.1, 0.15) is 29.2 Å². The average Bonchev–Trinajstić information content (AvgIpc) is 4.07. The second kappa shape index (κ2) is 14.3. The number of benzene rings is 11. The van der Waals surface area contributed by atoms with E-state index in [2.05, 4.69) is 230 Å². The molecule has 68 heavy (non-hydrogen) atoms. The van der Waals surface area contributed by atoms with Gasteiger partial charge in [0.15, 0.2) is 0 Å². The van der Waals surface area contributed by atoms with Crippen molar-refractivity contribution in [2.75, 3.05) is 11.4 Å². The maximum atomic E-state index is 2.53.